The zero-order valence-electron chi connectivity index (χ0n) is 13.8. The Labute approximate surface area is 144 Å². The highest BCUT2D eigenvalue weighted by Crippen LogP contribution is 2.23. The second-order valence-corrected chi connectivity index (χ2v) is 5.96. The SMILES string of the molecule is CCCn1cnc2ccc(-c3noc(Cc4cccc(F)c4)n3)cc21. The van der Waals surface area contributed by atoms with Gasteiger partial charge < -0.3 is 9.09 Å². The molecule has 0 saturated carbocycles. The van der Waals surface area contributed by atoms with E-state index in [1.807, 2.05) is 30.6 Å². The molecule has 5 nitrogen and oxygen atoms in total. The van der Waals surface area contributed by atoms with Gasteiger partial charge in [0.25, 0.3) is 0 Å². The number of hydrogen-bond acceptors (Lipinski definition) is 4. The van der Waals surface area contributed by atoms with Crippen molar-refractivity contribution < 1.29 is 8.91 Å². The highest BCUT2D eigenvalue weighted by Gasteiger charge is 2.12. The molecule has 0 saturated heterocycles. The Morgan fingerprint density at radius 1 is 1.16 bits per heavy atom. The second-order valence-electron chi connectivity index (χ2n) is 5.96. The van der Waals surface area contributed by atoms with E-state index in [4.69, 9.17) is 4.52 Å². The van der Waals surface area contributed by atoms with Gasteiger partial charge in [-0.1, -0.05) is 24.2 Å². The molecule has 0 bridgehead atoms. The Morgan fingerprint density at radius 2 is 2.08 bits per heavy atom. The third kappa shape index (κ3) is 3.15. The summed E-state index contributed by atoms with van der Waals surface area (Å²) in [6.45, 7) is 3.05. The molecule has 0 atom stereocenters. The maximum absolute atomic E-state index is 13.3. The fraction of sp³-hybridized carbons (Fsp3) is 0.211. The first-order valence-electron chi connectivity index (χ1n) is 8.25. The lowest BCUT2D eigenvalue weighted by atomic mass is 10.1. The van der Waals surface area contributed by atoms with Crippen LogP contribution in [0.15, 0.2) is 53.3 Å². The van der Waals surface area contributed by atoms with Gasteiger partial charge in [-0.3, -0.25) is 0 Å². The molecule has 0 aliphatic carbocycles. The van der Waals surface area contributed by atoms with E-state index in [0.29, 0.717) is 18.1 Å². The summed E-state index contributed by atoms with van der Waals surface area (Å²) in [4.78, 5) is 8.85. The van der Waals surface area contributed by atoms with Crippen molar-refractivity contribution in [2.75, 3.05) is 0 Å². The lowest BCUT2D eigenvalue weighted by Gasteiger charge is -2.02. The minimum absolute atomic E-state index is 0.271. The summed E-state index contributed by atoms with van der Waals surface area (Å²) in [6.07, 6.45) is 3.29. The number of benzene rings is 2. The van der Waals surface area contributed by atoms with E-state index in [2.05, 4.69) is 26.6 Å². The van der Waals surface area contributed by atoms with Crippen LogP contribution in [-0.2, 0) is 13.0 Å². The first kappa shape index (κ1) is 15.5. The zero-order valence-corrected chi connectivity index (χ0v) is 13.8. The van der Waals surface area contributed by atoms with Crippen molar-refractivity contribution in [3.63, 3.8) is 0 Å². The molecular formula is C19H17FN4O. The molecule has 0 N–H and O–H groups in total. The Morgan fingerprint density at radius 3 is 2.92 bits per heavy atom. The molecule has 0 aliphatic rings. The molecule has 0 unspecified atom stereocenters. The summed E-state index contributed by atoms with van der Waals surface area (Å²) >= 11 is 0. The molecule has 0 fully saturated rings. The number of rotatable bonds is 5. The Bertz CT molecular complexity index is 1020. The molecule has 4 aromatic rings. The van der Waals surface area contributed by atoms with Crippen molar-refractivity contribution in [1.82, 2.24) is 19.7 Å². The van der Waals surface area contributed by atoms with Crippen LogP contribution in [0.2, 0.25) is 0 Å². The van der Waals surface area contributed by atoms with Gasteiger partial charge in [0.2, 0.25) is 11.7 Å². The van der Waals surface area contributed by atoms with Crippen LogP contribution in [0.25, 0.3) is 22.4 Å². The van der Waals surface area contributed by atoms with Gasteiger partial charge in [0.15, 0.2) is 0 Å². The van der Waals surface area contributed by atoms with Crippen LogP contribution in [0.3, 0.4) is 0 Å². The number of nitrogens with zero attached hydrogens (tertiary/aromatic N) is 4. The van der Waals surface area contributed by atoms with Gasteiger partial charge in [-0.25, -0.2) is 9.37 Å². The first-order valence-corrected chi connectivity index (χ1v) is 8.25. The highest BCUT2D eigenvalue weighted by molar-refractivity contribution is 5.80. The van der Waals surface area contributed by atoms with Gasteiger partial charge in [-0.15, -0.1) is 0 Å². The number of halogens is 1. The van der Waals surface area contributed by atoms with Crippen LogP contribution in [0, 0.1) is 5.82 Å². The van der Waals surface area contributed by atoms with E-state index in [1.165, 1.54) is 12.1 Å². The van der Waals surface area contributed by atoms with E-state index in [9.17, 15) is 4.39 Å². The maximum atomic E-state index is 13.3. The molecule has 0 radical (unpaired) electrons. The summed E-state index contributed by atoms with van der Waals surface area (Å²) in [5.41, 5.74) is 3.67. The highest BCUT2D eigenvalue weighted by atomic mass is 19.1. The predicted octanol–water partition coefficient (Wildman–Crippen LogP) is 4.23. The lowest BCUT2D eigenvalue weighted by Crippen LogP contribution is -1.94. The standard InChI is InChI=1S/C19H17FN4O/c1-2-8-24-12-21-16-7-6-14(11-17(16)24)19-22-18(25-23-19)10-13-4-3-5-15(20)9-13/h3-7,9,11-12H,2,8,10H2,1H3. The third-order valence-corrected chi connectivity index (χ3v) is 4.06. The Kier molecular flexibility index (Phi) is 4.01. The van der Waals surface area contributed by atoms with E-state index >= 15 is 0 Å². The van der Waals surface area contributed by atoms with Crippen LogP contribution >= 0.6 is 0 Å². The summed E-state index contributed by atoms with van der Waals surface area (Å²) in [7, 11) is 0. The lowest BCUT2D eigenvalue weighted by molar-refractivity contribution is 0.385. The molecule has 25 heavy (non-hydrogen) atoms. The van der Waals surface area contributed by atoms with E-state index in [1.54, 1.807) is 6.07 Å². The average Bonchev–Trinajstić information content (AvgIpc) is 3.22. The average molecular weight is 336 g/mol. The molecule has 6 heteroatoms. The van der Waals surface area contributed by atoms with Gasteiger partial charge in [0.1, 0.15) is 5.82 Å². The summed E-state index contributed by atoms with van der Waals surface area (Å²) in [6, 6.07) is 12.3. The van der Waals surface area contributed by atoms with Crippen molar-refractivity contribution in [1.29, 1.82) is 0 Å². The number of hydrogen-bond donors (Lipinski definition) is 0. The number of imidazole rings is 1. The van der Waals surface area contributed by atoms with Crippen molar-refractivity contribution in [2.45, 2.75) is 26.3 Å². The second kappa shape index (κ2) is 6.47. The number of aromatic nitrogens is 4. The van der Waals surface area contributed by atoms with Gasteiger partial charge in [0.05, 0.1) is 23.8 Å². The molecule has 2 aromatic heterocycles. The van der Waals surface area contributed by atoms with E-state index < -0.39 is 0 Å². The minimum atomic E-state index is -0.271. The topological polar surface area (TPSA) is 56.7 Å². The van der Waals surface area contributed by atoms with Gasteiger partial charge in [0, 0.05) is 12.1 Å². The van der Waals surface area contributed by atoms with Crippen molar-refractivity contribution in [3.8, 4) is 11.4 Å². The van der Waals surface area contributed by atoms with Crippen LogP contribution in [0.4, 0.5) is 4.39 Å². The third-order valence-electron chi connectivity index (χ3n) is 4.06. The van der Waals surface area contributed by atoms with Crippen LogP contribution < -0.4 is 0 Å². The minimum Gasteiger partial charge on any atom is -0.339 e. The fourth-order valence-corrected chi connectivity index (χ4v) is 2.88. The molecule has 126 valence electrons. The van der Waals surface area contributed by atoms with E-state index in [-0.39, 0.29) is 5.82 Å². The quantitative estimate of drug-likeness (QED) is 0.547. The molecule has 2 heterocycles. The fourth-order valence-electron chi connectivity index (χ4n) is 2.88. The van der Waals surface area contributed by atoms with Gasteiger partial charge in [-0.05, 0) is 42.3 Å². The molecule has 0 aliphatic heterocycles. The van der Waals surface area contributed by atoms with Crippen LogP contribution in [0.5, 0.6) is 0 Å². The normalized spacial score (nSPS) is 11.3. The maximum Gasteiger partial charge on any atom is 0.231 e. The van der Waals surface area contributed by atoms with Crippen molar-refractivity contribution in [3.05, 3.63) is 66.1 Å². The number of fused-ring (bicyclic) bond motifs is 1. The van der Waals surface area contributed by atoms with Crippen LogP contribution in [0.1, 0.15) is 24.8 Å². The molecule has 4 rings (SSSR count). The summed E-state index contributed by atoms with van der Waals surface area (Å²) in [5.74, 6) is 0.715. The van der Waals surface area contributed by atoms with Crippen LogP contribution in [-0.4, -0.2) is 19.7 Å². The smallest absolute Gasteiger partial charge is 0.231 e. The number of aryl methyl sites for hydroxylation is 1. The molecular weight excluding hydrogens is 319 g/mol. The van der Waals surface area contributed by atoms with Crippen molar-refractivity contribution >= 4 is 11.0 Å². The first-order chi connectivity index (χ1) is 12.2. The largest absolute Gasteiger partial charge is 0.339 e. The summed E-state index contributed by atoms with van der Waals surface area (Å²) < 4.78 is 20.7. The molecule has 0 amide bonds. The monoisotopic (exact) mass is 336 g/mol. The van der Waals surface area contributed by atoms with Gasteiger partial charge >= 0.3 is 0 Å². The Balaban J connectivity index is 1.63. The zero-order chi connectivity index (χ0) is 17.2. The summed E-state index contributed by atoms with van der Waals surface area (Å²) in [5, 5.41) is 4.06. The predicted molar refractivity (Wildman–Crippen MR) is 92.5 cm³/mol. The van der Waals surface area contributed by atoms with E-state index in [0.717, 1.165) is 35.1 Å². The Hall–Kier alpha value is -3.02. The van der Waals surface area contributed by atoms with Crippen molar-refractivity contribution in [2.24, 2.45) is 0 Å². The molecule has 0 spiro atoms. The van der Waals surface area contributed by atoms with Gasteiger partial charge in [-0.2, -0.15) is 4.98 Å². The molecule has 2 aromatic carbocycles.